The molecule has 0 saturated heterocycles. The average Bonchev–Trinajstić information content (AvgIpc) is 2.92. The topological polar surface area (TPSA) is 63.6 Å². The maximum absolute atomic E-state index is 12.4. The van der Waals surface area contributed by atoms with E-state index in [4.69, 9.17) is 23.2 Å². The maximum Gasteiger partial charge on any atom is 0.261 e. The molecule has 0 saturated carbocycles. The second-order valence-corrected chi connectivity index (χ2v) is 5.20. The number of imidazole rings is 1. The minimum absolute atomic E-state index is 0.154. The van der Waals surface area contributed by atoms with Crippen LogP contribution in [0.3, 0.4) is 0 Å². The molecule has 0 amide bonds. The first-order chi connectivity index (χ1) is 9.65. The summed E-state index contributed by atoms with van der Waals surface area (Å²) in [4.78, 5) is 23.5. The van der Waals surface area contributed by atoms with Gasteiger partial charge in [0.05, 0.1) is 28.6 Å². The van der Waals surface area contributed by atoms with Gasteiger partial charge in [0.1, 0.15) is 0 Å². The van der Waals surface area contributed by atoms with Gasteiger partial charge < -0.3 is 4.98 Å². The number of fused-ring (bicyclic) bond motifs is 1. The number of nitrogens with zero attached hydrogens (tertiary/aromatic N) is 3. The van der Waals surface area contributed by atoms with Crippen LogP contribution in [-0.2, 0) is 13.0 Å². The van der Waals surface area contributed by atoms with Crippen molar-refractivity contribution in [2.24, 2.45) is 0 Å². The van der Waals surface area contributed by atoms with Crippen molar-refractivity contribution >= 4 is 34.1 Å². The Morgan fingerprint density at radius 2 is 2.15 bits per heavy atom. The van der Waals surface area contributed by atoms with Crippen LogP contribution in [0.15, 0.2) is 35.8 Å². The van der Waals surface area contributed by atoms with Gasteiger partial charge in [-0.2, -0.15) is 0 Å². The quantitative estimate of drug-likeness (QED) is 0.809. The van der Waals surface area contributed by atoms with Crippen LogP contribution in [0.5, 0.6) is 0 Å². The van der Waals surface area contributed by atoms with Crippen molar-refractivity contribution in [3.8, 4) is 0 Å². The fraction of sp³-hybridized carbons (Fsp3) is 0.154. The molecule has 0 aliphatic carbocycles. The molecule has 1 aromatic carbocycles. The summed E-state index contributed by atoms with van der Waals surface area (Å²) in [5, 5.41) is 1.23. The largest absolute Gasteiger partial charge is 0.348 e. The van der Waals surface area contributed by atoms with Crippen molar-refractivity contribution in [2.45, 2.75) is 13.0 Å². The maximum atomic E-state index is 12.4. The van der Waals surface area contributed by atoms with Gasteiger partial charge in [-0.05, 0) is 12.1 Å². The van der Waals surface area contributed by atoms with Gasteiger partial charge in [-0.1, -0.05) is 23.2 Å². The Balaban J connectivity index is 2.00. The standard InChI is InChI=1S/C13H10Cl2N4O/c14-8-3-10-12(11(15)4-8)18-7-19(13(10)20)2-1-9-5-16-6-17-9/h3-7H,1-2H2,(H,16,17). The number of aromatic amines is 1. The number of hydrogen-bond donors (Lipinski definition) is 1. The minimum atomic E-state index is -0.154. The number of benzene rings is 1. The van der Waals surface area contributed by atoms with Gasteiger partial charge in [-0.25, -0.2) is 9.97 Å². The normalized spacial score (nSPS) is 11.1. The number of rotatable bonds is 3. The summed E-state index contributed by atoms with van der Waals surface area (Å²) in [7, 11) is 0. The number of aromatic nitrogens is 4. The lowest BCUT2D eigenvalue weighted by atomic mass is 10.2. The lowest BCUT2D eigenvalue weighted by molar-refractivity contribution is 0.655. The van der Waals surface area contributed by atoms with Crippen LogP contribution < -0.4 is 5.56 Å². The van der Waals surface area contributed by atoms with Crippen LogP contribution in [0, 0.1) is 0 Å². The van der Waals surface area contributed by atoms with E-state index in [1.54, 1.807) is 24.7 Å². The Kier molecular flexibility index (Phi) is 3.46. The second kappa shape index (κ2) is 5.26. The predicted octanol–water partition coefficient (Wildman–Crippen LogP) is 2.67. The van der Waals surface area contributed by atoms with Crippen molar-refractivity contribution in [1.29, 1.82) is 0 Å². The number of halogens is 2. The second-order valence-electron chi connectivity index (χ2n) is 4.35. The predicted molar refractivity (Wildman–Crippen MR) is 78.3 cm³/mol. The summed E-state index contributed by atoms with van der Waals surface area (Å²) < 4.78 is 1.54. The van der Waals surface area contributed by atoms with Crippen LogP contribution in [0.1, 0.15) is 5.69 Å². The average molecular weight is 309 g/mol. The SMILES string of the molecule is O=c1c2cc(Cl)cc(Cl)c2ncn1CCc1cnc[nH]1. The van der Waals surface area contributed by atoms with Crippen molar-refractivity contribution in [2.75, 3.05) is 0 Å². The van der Waals surface area contributed by atoms with Gasteiger partial charge in [0.15, 0.2) is 0 Å². The Labute approximate surface area is 124 Å². The Bertz CT molecular complexity index is 811. The zero-order valence-electron chi connectivity index (χ0n) is 10.3. The van der Waals surface area contributed by atoms with Gasteiger partial charge in [-0.15, -0.1) is 0 Å². The van der Waals surface area contributed by atoms with Crippen LogP contribution in [0.25, 0.3) is 10.9 Å². The lowest BCUT2D eigenvalue weighted by Crippen LogP contribution is -2.21. The molecule has 3 aromatic rings. The summed E-state index contributed by atoms with van der Waals surface area (Å²) >= 11 is 12.0. The molecule has 0 atom stereocenters. The fourth-order valence-electron chi connectivity index (χ4n) is 2.02. The highest BCUT2D eigenvalue weighted by molar-refractivity contribution is 6.38. The Morgan fingerprint density at radius 1 is 1.30 bits per heavy atom. The highest BCUT2D eigenvalue weighted by Gasteiger charge is 2.09. The van der Waals surface area contributed by atoms with Gasteiger partial charge in [-0.3, -0.25) is 9.36 Å². The van der Waals surface area contributed by atoms with Gasteiger partial charge in [0.25, 0.3) is 5.56 Å². The van der Waals surface area contributed by atoms with Gasteiger partial charge in [0.2, 0.25) is 0 Å². The molecule has 20 heavy (non-hydrogen) atoms. The highest BCUT2D eigenvalue weighted by atomic mass is 35.5. The number of H-pyrrole nitrogens is 1. The molecule has 0 spiro atoms. The van der Waals surface area contributed by atoms with Crippen molar-refractivity contribution in [1.82, 2.24) is 19.5 Å². The molecule has 0 aliphatic rings. The molecule has 3 rings (SSSR count). The third-order valence-corrected chi connectivity index (χ3v) is 3.53. The van der Waals surface area contributed by atoms with E-state index in [1.165, 1.54) is 10.9 Å². The summed E-state index contributed by atoms with van der Waals surface area (Å²) in [5.74, 6) is 0. The first-order valence-corrected chi connectivity index (χ1v) is 6.72. The smallest absolute Gasteiger partial charge is 0.261 e. The van der Waals surface area contributed by atoms with E-state index in [0.29, 0.717) is 33.9 Å². The van der Waals surface area contributed by atoms with E-state index in [9.17, 15) is 4.79 Å². The van der Waals surface area contributed by atoms with E-state index in [2.05, 4.69) is 15.0 Å². The molecule has 0 fully saturated rings. The molecule has 102 valence electrons. The summed E-state index contributed by atoms with van der Waals surface area (Å²) in [6.45, 7) is 0.508. The first-order valence-electron chi connectivity index (χ1n) is 5.96. The monoisotopic (exact) mass is 308 g/mol. The molecular formula is C13H10Cl2N4O. The number of hydrogen-bond acceptors (Lipinski definition) is 3. The van der Waals surface area contributed by atoms with Crippen LogP contribution >= 0.6 is 23.2 Å². The van der Waals surface area contributed by atoms with Crippen LogP contribution in [0.4, 0.5) is 0 Å². The summed E-state index contributed by atoms with van der Waals surface area (Å²) in [6.07, 6.45) is 5.51. The zero-order chi connectivity index (χ0) is 14.1. The Hall–Kier alpha value is -1.85. The fourth-order valence-corrected chi connectivity index (χ4v) is 2.56. The summed E-state index contributed by atoms with van der Waals surface area (Å²) in [5.41, 5.74) is 1.28. The van der Waals surface area contributed by atoms with E-state index in [1.807, 2.05) is 0 Å². The molecule has 7 heteroatoms. The minimum Gasteiger partial charge on any atom is -0.348 e. The molecular weight excluding hydrogens is 299 g/mol. The molecule has 0 radical (unpaired) electrons. The van der Waals surface area contributed by atoms with E-state index in [-0.39, 0.29) is 5.56 Å². The molecule has 0 unspecified atom stereocenters. The van der Waals surface area contributed by atoms with E-state index >= 15 is 0 Å². The van der Waals surface area contributed by atoms with Crippen molar-refractivity contribution in [3.63, 3.8) is 0 Å². The lowest BCUT2D eigenvalue weighted by Gasteiger charge is -2.07. The van der Waals surface area contributed by atoms with Crippen molar-refractivity contribution < 1.29 is 0 Å². The number of nitrogens with one attached hydrogen (secondary N) is 1. The first kappa shape index (κ1) is 13.1. The third-order valence-electron chi connectivity index (χ3n) is 3.02. The summed E-state index contributed by atoms with van der Waals surface area (Å²) in [6, 6.07) is 3.16. The van der Waals surface area contributed by atoms with E-state index < -0.39 is 0 Å². The zero-order valence-corrected chi connectivity index (χ0v) is 11.8. The molecule has 0 bridgehead atoms. The molecule has 1 N–H and O–H groups in total. The molecule has 2 heterocycles. The van der Waals surface area contributed by atoms with Gasteiger partial charge in [0, 0.05) is 29.9 Å². The molecule has 0 aliphatic heterocycles. The van der Waals surface area contributed by atoms with Crippen LogP contribution in [-0.4, -0.2) is 19.5 Å². The molecule has 5 nitrogen and oxygen atoms in total. The van der Waals surface area contributed by atoms with Crippen LogP contribution in [0.2, 0.25) is 10.0 Å². The van der Waals surface area contributed by atoms with Crippen molar-refractivity contribution in [3.05, 3.63) is 57.1 Å². The third kappa shape index (κ3) is 2.42. The number of aryl methyl sites for hydroxylation is 2. The highest BCUT2D eigenvalue weighted by Crippen LogP contribution is 2.23. The Morgan fingerprint density at radius 3 is 2.90 bits per heavy atom. The van der Waals surface area contributed by atoms with E-state index in [0.717, 1.165) is 5.69 Å². The molecule has 2 aromatic heterocycles. The van der Waals surface area contributed by atoms with Gasteiger partial charge >= 0.3 is 0 Å².